The number of nitrogens with one attached hydrogen (secondary N) is 1. The number of carboxylic acid groups (broad SMARTS) is 1. The first-order valence-corrected chi connectivity index (χ1v) is 7.96. The van der Waals surface area contributed by atoms with Crippen LogP contribution in [0.15, 0.2) is 42.5 Å². The number of aryl methyl sites for hydroxylation is 1. The quantitative estimate of drug-likeness (QED) is 0.856. The fraction of sp³-hybridized carbons (Fsp3) is 0.316. The largest absolute Gasteiger partial charge is 0.465 e. The van der Waals surface area contributed by atoms with Crippen LogP contribution in [0.3, 0.4) is 0 Å². The van der Waals surface area contributed by atoms with Crippen LogP contribution in [0.4, 0.5) is 9.18 Å². The van der Waals surface area contributed by atoms with E-state index in [4.69, 9.17) is 0 Å². The molecule has 2 aliphatic carbocycles. The third kappa shape index (κ3) is 2.38. The molecule has 4 heteroatoms. The number of benzene rings is 2. The highest BCUT2D eigenvalue weighted by Gasteiger charge is 2.52. The predicted molar refractivity (Wildman–Crippen MR) is 85.7 cm³/mol. The van der Waals surface area contributed by atoms with Crippen LogP contribution in [0.25, 0.3) is 11.1 Å². The van der Waals surface area contributed by atoms with E-state index in [-0.39, 0.29) is 17.3 Å². The van der Waals surface area contributed by atoms with Crippen LogP contribution < -0.4 is 5.32 Å². The van der Waals surface area contributed by atoms with Gasteiger partial charge in [0.25, 0.3) is 0 Å². The molecule has 2 aromatic rings. The molecule has 0 bridgehead atoms. The number of hydrogen-bond donors (Lipinski definition) is 2. The third-order valence-corrected chi connectivity index (χ3v) is 5.31. The van der Waals surface area contributed by atoms with Crippen molar-refractivity contribution in [1.29, 1.82) is 0 Å². The van der Waals surface area contributed by atoms with Crippen LogP contribution in [0, 0.1) is 11.2 Å². The highest BCUT2D eigenvalue weighted by atomic mass is 19.1. The molecule has 0 aromatic heterocycles. The monoisotopic (exact) mass is 311 g/mol. The summed E-state index contributed by atoms with van der Waals surface area (Å²) in [5, 5.41) is 11.9. The average Bonchev–Trinajstić information content (AvgIpc) is 3.31. The molecule has 23 heavy (non-hydrogen) atoms. The van der Waals surface area contributed by atoms with Gasteiger partial charge in [0.05, 0.1) is 6.04 Å². The second-order valence-corrected chi connectivity index (χ2v) is 6.64. The van der Waals surface area contributed by atoms with Crippen molar-refractivity contribution in [1.82, 2.24) is 5.32 Å². The first-order valence-electron chi connectivity index (χ1n) is 7.96. The second-order valence-electron chi connectivity index (χ2n) is 6.64. The lowest BCUT2D eigenvalue weighted by molar-refractivity contribution is 0.178. The summed E-state index contributed by atoms with van der Waals surface area (Å²) >= 11 is 0. The molecule has 0 saturated heterocycles. The van der Waals surface area contributed by atoms with Crippen LogP contribution in [0.2, 0.25) is 0 Å². The lowest BCUT2D eigenvalue weighted by atomic mass is 9.76. The molecule has 1 amide bonds. The molecule has 0 radical (unpaired) electrons. The Bertz CT molecular complexity index is 783. The number of amides is 1. The Morgan fingerprint density at radius 1 is 1.17 bits per heavy atom. The first kappa shape index (κ1) is 14.2. The van der Waals surface area contributed by atoms with Crippen molar-refractivity contribution in [2.45, 2.75) is 31.7 Å². The van der Waals surface area contributed by atoms with Crippen LogP contribution in [0.5, 0.6) is 0 Å². The molecule has 1 spiro atoms. The normalized spacial score (nSPS) is 20.8. The van der Waals surface area contributed by atoms with Crippen molar-refractivity contribution >= 4 is 6.09 Å². The van der Waals surface area contributed by atoms with Crippen molar-refractivity contribution in [2.24, 2.45) is 5.41 Å². The van der Waals surface area contributed by atoms with E-state index in [2.05, 4.69) is 5.32 Å². The van der Waals surface area contributed by atoms with E-state index in [9.17, 15) is 14.3 Å². The summed E-state index contributed by atoms with van der Waals surface area (Å²) in [4.78, 5) is 11.2. The van der Waals surface area contributed by atoms with Gasteiger partial charge >= 0.3 is 6.09 Å². The van der Waals surface area contributed by atoms with Gasteiger partial charge in [-0.3, -0.25) is 0 Å². The van der Waals surface area contributed by atoms with Gasteiger partial charge in [-0.15, -0.1) is 0 Å². The molecule has 1 atom stereocenters. The zero-order chi connectivity index (χ0) is 16.0. The average molecular weight is 311 g/mol. The van der Waals surface area contributed by atoms with E-state index in [0.717, 1.165) is 36.8 Å². The Balaban J connectivity index is 1.80. The lowest BCUT2D eigenvalue weighted by Gasteiger charge is -2.34. The predicted octanol–water partition coefficient (Wildman–Crippen LogP) is 4.53. The Kier molecular flexibility index (Phi) is 3.15. The highest BCUT2D eigenvalue weighted by molar-refractivity contribution is 5.69. The van der Waals surface area contributed by atoms with E-state index in [1.54, 1.807) is 12.1 Å². The standard InChI is InChI=1S/C19H18FNO2/c20-16-4-2-1-3-14(16)13-6-5-12-7-8-19(9-10-19)17(15(12)11-13)21-18(22)23/h1-6,11,17,21H,7-10H2,(H,22,23). The summed E-state index contributed by atoms with van der Waals surface area (Å²) in [6.07, 6.45) is 3.10. The maximum absolute atomic E-state index is 14.1. The van der Waals surface area contributed by atoms with Crippen molar-refractivity contribution in [3.05, 3.63) is 59.4 Å². The molecule has 1 unspecified atom stereocenters. The van der Waals surface area contributed by atoms with Crippen LogP contribution in [-0.4, -0.2) is 11.2 Å². The summed E-state index contributed by atoms with van der Waals surface area (Å²) in [5.74, 6) is -0.257. The number of rotatable bonds is 2. The topological polar surface area (TPSA) is 49.3 Å². The van der Waals surface area contributed by atoms with Gasteiger partial charge in [-0.25, -0.2) is 9.18 Å². The number of halogens is 1. The smallest absolute Gasteiger partial charge is 0.405 e. The molecule has 118 valence electrons. The number of carbonyl (C=O) groups is 1. The molecule has 2 N–H and O–H groups in total. The van der Waals surface area contributed by atoms with Crippen molar-refractivity contribution in [3.8, 4) is 11.1 Å². The fourth-order valence-corrected chi connectivity index (χ4v) is 3.87. The van der Waals surface area contributed by atoms with Gasteiger partial charge in [0.15, 0.2) is 0 Å². The minimum absolute atomic E-state index is 0.0687. The third-order valence-electron chi connectivity index (χ3n) is 5.31. The van der Waals surface area contributed by atoms with E-state index < -0.39 is 6.09 Å². The Hall–Kier alpha value is -2.36. The van der Waals surface area contributed by atoms with Gasteiger partial charge in [0.2, 0.25) is 0 Å². The molecule has 4 rings (SSSR count). The Morgan fingerprint density at radius 2 is 1.96 bits per heavy atom. The summed E-state index contributed by atoms with van der Waals surface area (Å²) in [7, 11) is 0. The maximum atomic E-state index is 14.1. The summed E-state index contributed by atoms with van der Waals surface area (Å²) in [5.41, 5.74) is 3.61. The molecule has 2 aliphatic rings. The van der Waals surface area contributed by atoms with E-state index in [1.807, 2.05) is 24.3 Å². The van der Waals surface area contributed by atoms with E-state index >= 15 is 0 Å². The molecule has 3 nitrogen and oxygen atoms in total. The Morgan fingerprint density at radius 3 is 2.65 bits per heavy atom. The number of hydrogen-bond acceptors (Lipinski definition) is 1. The SMILES string of the molecule is O=C(O)NC1c2cc(-c3ccccc3F)ccc2CCC12CC2. The van der Waals surface area contributed by atoms with Gasteiger partial charge in [0, 0.05) is 5.56 Å². The van der Waals surface area contributed by atoms with Crippen LogP contribution >= 0.6 is 0 Å². The maximum Gasteiger partial charge on any atom is 0.405 e. The van der Waals surface area contributed by atoms with Gasteiger partial charge in [-0.1, -0.05) is 30.3 Å². The molecule has 1 saturated carbocycles. The minimum atomic E-state index is -0.995. The first-order chi connectivity index (χ1) is 11.1. The summed E-state index contributed by atoms with van der Waals surface area (Å²) in [6, 6.07) is 12.4. The van der Waals surface area contributed by atoms with Gasteiger partial charge < -0.3 is 10.4 Å². The molecule has 0 heterocycles. The van der Waals surface area contributed by atoms with Crippen molar-refractivity contribution in [2.75, 3.05) is 0 Å². The van der Waals surface area contributed by atoms with Crippen LogP contribution in [0.1, 0.15) is 36.4 Å². The molecular weight excluding hydrogens is 293 g/mol. The summed E-state index contributed by atoms with van der Waals surface area (Å²) in [6.45, 7) is 0. The molecule has 2 aromatic carbocycles. The highest BCUT2D eigenvalue weighted by Crippen LogP contribution is 2.61. The van der Waals surface area contributed by atoms with E-state index in [1.165, 1.54) is 11.6 Å². The molecular formula is C19H18FNO2. The van der Waals surface area contributed by atoms with Crippen molar-refractivity contribution < 1.29 is 14.3 Å². The zero-order valence-electron chi connectivity index (χ0n) is 12.7. The molecule has 0 aliphatic heterocycles. The van der Waals surface area contributed by atoms with Gasteiger partial charge in [-0.2, -0.15) is 0 Å². The van der Waals surface area contributed by atoms with E-state index in [0.29, 0.717) is 5.56 Å². The van der Waals surface area contributed by atoms with Crippen LogP contribution in [-0.2, 0) is 6.42 Å². The number of fused-ring (bicyclic) bond motifs is 1. The zero-order valence-corrected chi connectivity index (χ0v) is 12.7. The van der Waals surface area contributed by atoms with Gasteiger partial charge in [0.1, 0.15) is 5.82 Å². The molecule has 1 fully saturated rings. The Labute approximate surface area is 134 Å². The van der Waals surface area contributed by atoms with Gasteiger partial charge in [-0.05, 0) is 59.9 Å². The summed E-state index contributed by atoms with van der Waals surface area (Å²) < 4.78 is 14.1. The second kappa shape index (κ2) is 5.08. The van der Waals surface area contributed by atoms with Crippen molar-refractivity contribution in [3.63, 3.8) is 0 Å². The minimum Gasteiger partial charge on any atom is -0.465 e. The fourth-order valence-electron chi connectivity index (χ4n) is 3.87. The lowest BCUT2D eigenvalue weighted by Crippen LogP contribution is -2.36.